The van der Waals surface area contributed by atoms with E-state index in [1.807, 2.05) is 6.92 Å². The fraction of sp³-hybridized carbons (Fsp3) is 0.250. The van der Waals surface area contributed by atoms with Crippen LogP contribution in [0.15, 0.2) is 30.3 Å². The van der Waals surface area contributed by atoms with E-state index in [1.54, 1.807) is 18.2 Å². The molecule has 2 aromatic rings. The van der Waals surface area contributed by atoms with Crippen molar-refractivity contribution in [1.29, 1.82) is 0 Å². The zero-order valence-corrected chi connectivity index (χ0v) is 12.6. The highest BCUT2D eigenvalue weighted by Crippen LogP contribution is 2.32. The largest absolute Gasteiger partial charge is 0.497 e. The summed E-state index contributed by atoms with van der Waals surface area (Å²) in [4.78, 5) is 0. The topological polar surface area (TPSA) is 21.3 Å². The summed E-state index contributed by atoms with van der Waals surface area (Å²) in [5.41, 5.74) is 1.18. The summed E-state index contributed by atoms with van der Waals surface area (Å²) in [6, 6.07) is 7.30. The van der Waals surface area contributed by atoms with Crippen molar-refractivity contribution in [2.45, 2.75) is 13.5 Å². The normalized spacial score (nSPS) is 10.7. The van der Waals surface area contributed by atoms with Crippen molar-refractivity contribution in [3.63, 3.8) is 0 Å². The van der Waals surface area contributed by atoms with E-state index in [4.69, 9.17) is 16.3 Å². The van der Waals surface area contributed by atoms with Gasteiger partial charge in [0.15, 0.2) is 0 Å². The second-order valence-corrected chi connectivity index (χ2v) is 4.96. The first-order valence-corrected chi connectivity index (χ1v) is 6.97. The molecule has 5 heteroatoms. The van der Waals surface area contributed by atoms with Crippen LogP contribution in [0.2, 0.25) is 5.02 Å². The molecule has 0 aliphatic rings. The molecule has 2 nitrogen and oxygen atoms in total. The third kappa shape index (κ3) is 3.52. The van der Waals surface area contributed by atoms with Gasteiger partial charge >= 0.3 is 0 Å². The van der Waals surface area contributed by atoms with Crippen LogP contribution in [-0.2, 0) is 6.54 Å². The van der Waals surface area contributed by atoms with E-state index in [1.165, 1.54) is 7.11 Å². The molecular weight excluding hydrogens is 296 g/mol. The molecule has 0 saturated heterocycles. The van der Waals surface area contributed by atoms with Gasteiger partial charge in [0.05, 0.1) is 12.7 Å². The van der Waals surface area contributed by atoms with Crippen LogP contribution >= 0.6 is 11.6 Å². The third-order valence-electron chi connectivity index (χ3n) is 3.16. The predicted octanol–water partition coefficient (Wildman–Crippen LogP) is 4.40. The first-order valence-electron chi connectivity index (χ1n) is 6.59. The van der Waals surface area contributed by atoms with E-state index >= 15 is 0 Å². The van der Waals surface area contributed by atoms with E-state index < -0.39 is 11.6 Å². The summed E-state index contributed by atoms with van der Waals surface area (Å²) in [6.07, 6.45) is 0. The van der Waals surface area contributed by atoms with Crippen LogP contribution in [0.1, 0.15) is 12.5 Å². The van der Waals surface area contributed by atoms with Gasteiger partial charge in [0.25, 0.3) is 0 Å². The molecule has 0 aliphatic heterocycles. The second kappa shape index (κ2) is 6.87. The fourth-order valence-corrected chi connectivity index (χ4v) is 2.30. The van der Waals surface area contributed by atoms with Crippen LogP contribution in [-0.4, -0.2) is 13.7 Å². The number of methoxy groups -OCH3 is 1. The number of hydrogen-bond donors (Lipinski definition) is 1. The Balaban J connectivity index is 2.41. The maximum Gasteiger partial charge on any atom is 0.137 e. The average Bonchev–Trinajstić information content (AvgIpc) is 2.45. The summed E-state index contributed by atoms with van der Waals surface area (Å²) in [5.74, 6) is -1.21. The Hall–Kier alpha value is -1.65. The van der Waals surface area contributed by atoms with Crippen molar-refractivity contribution >= 4 is 11.6 Å². The quantitative estimate of drug-likeness (QED) is 0.883. The van der Waals surface area contributed by atoms with Crippen LogP contribution in [0.5, 0.6) is 5.75 Å². The van der Waals surface area contributed by atoms with Gasteiger partial charge in [-0.15, -0.1) is 0 Å². The van der Waals surface area contributed by atoms with Gasteiger partial charge < -0.3 is 10.1 Å². The first kappa shape index (κ1) is 15.7. The zero-order chi connectivity index (χ0) is 15.4. The van der Waals surface area contributed by atoms with Crippen molar-refractivity contribution in [2.24, 2.45) is 0 Å². The summed E-state index contributed by atoms with van der Waals surface area (Å²) >= 11 is 6.17. The Labute approximate surface area is 127 Å². The van der Waals surface area contributed by atoms with Gasteiger partial charge in [-0.25, -0.2) is 8.78 Å². The minimum absolute atomic E-state index is 0.104. The lowest BCUT2D eigenvalue weighted by atomic mass is 10.0. The van der Waals surface area contributed by atoms with E-state index in [2.05, 4.69) is 5.32 Å². The van der Waals surface area contributed by atoms with Crippen molar-refractivity contribution in [3.8, 4) is 16.9 Å². The van der Waals surface area contributed by atoms with Crippen LogP contribution in [0.3, 0.4) is 0 Å². The molecule has 0 heterocycles. The summed E-state index contributed by atoms with van der Waals surface area (Å²) < 4.78 is 32.9. The molecule has 2 aromatic carbocycles. The Morgan fingerprint density at radius 1 is 1.14 bits per heavy atom. The van der Waals surface area contributed by atoms with E-state index in [0.717, 1.165) is 24.2 Å². The molecular formula is C16H16ClF2NO. The van der Waals surface area contributed by atoms with Gasteiger partial charge in [0.1, 0.15) is 17.4 Å². The molecule has 1 N–H and O–H groups in total. The monoisotopic (exact) mass is 311 g/mol. The fourth-order valence-electron chi connectivity index (χ4n) is 2.05. The first-order chi connectivity index (χ1) is 10.1. The van der Waals surface area contributed by atoms with Crippen LogP contribution in [0.4, 0.5) is 8.78 Å². The minimum atomic E-state index is -0.678. The van der Waals surface area contributed by atoms with Gasteiger partial charge in [-0.05, 0) is 23.7 Å². The lowest BCUT2D eigenvalue weighted by Crippen LogP contribution is -2.12. The number of halogens is 3. The Morgan fingerprint density at radius 2 is 1.81 bits per heavy atom. The molecule has 0 atom stereocenters. The molecule has 0 amide bonds. The molecule has 0 saturated carbocycles. The minimum Gasteiger partial charge on any atom is -0.497 e. The van der Waals surface area contributed by atoms with E-state index in [-0.39, 0.29) is 11.3 Å². The maximum atomic E-state index is 14.0. The number of ether oxygens (including phenoxy) is 1. The Kier molecular flexibility index (Phi) is 5.15. The number of rotatable bonds is 5. The zero-order valence-electron chi connectivity index (χ0n) is 11.8. The van der Waals surface area contributed by atoms with Crippen LogP contribution in [0.25, 0.3) is 11.1 Å². The van der Waals surface area contributed by atoms with Crippen LogP contribution < -0.4 is 10.1 Å². The molecule has 2 rings (SSSR count). The highest BCUT2D eigenvalue weighted by Gasteiger charge is 2.15. The average molecular weight is 312 g/mol. The summed E-state index contributed by atoms with van der Waals surface area (Å²) in [6.45, 7) is 3.42. The number of hydrogen-bond acceptors (Lipinski definition) is 2. The summed E-state index contributed by atoms with van der Waals surface area (Å²) in [5, 5.41) is 3.63. The number of benzene rings is 2. The summed E-state index contributed by atoms with van der Waals surface area (Å²) in [7, 11) is 1.36. The molecule has 0 aliphatic carbocycles. The van der Waals surface area contributed by atoms with Crippen LogP contribution in [0, 0.1) is 11.6 Å². The van der Waals surface area contributed by atoms with Crippen molar-refractivity contribution in [3.05, 3.63) is 52.6 Å². The smallest absolute Gasteiger partial charge is 0.137 e. The molecule has 0 spiro atoms. The van der Waals surface area contributed by atoms with E-state index in [9.17, 15) is 8.78 Å². The van der Waals surface area contributed by atoms with Crippen molar-refractivity contribution in [1.82, 2.24) is 5.32 Å². The number of nitrogens with one attached hydrogen (secondary N) is 1. The maximum absolute atomic E-state index is 14.0. The standard InChI is InChI=1S/C16H16ClF2NO/c1-3-20-9-11-5-4-10(6-13(11)17)16-14(18)7-12(21-2)8-15(16)19/h4-8,20H,3,9H2,1-2H3. The molecule has 0 fully saturated rings. The van der Waals surface area contributed by atoms with Crippen molar-refractivity contribution in [2.75, 3.05) is 13.7 Å². The molecule has 112 valence electrons. The third-order valence-corrected chi connectivity index (χ3v) is 3.51. The highest BCUT2D eigenvalue weighted by molar-refractivity contribution is 6.31. The van der Waals surface area contributed by atoms with Gasteiger partial charge in [0.2, 0.25) is 0 Å². The lowest BCUT2D eigenvalue weighted by molar-refractivity contribution is 0.407. The molecule has 0 radical (unpaired) electrons. The van der Waals surface area contributed by atoms with Crippen molar-refractivity contribution < 1.29 is 13.5 Å². The second-order valence-electron chi connectivity index (χ2n) is 4.55. The van der Waals surface area contributed by atoms with Gasteiger partial charge in [-0.1, -0.05) is 30.7 Å². The van der Waals surface area contributed by atoms with E-state index in [0.29, 0.717) is 17.1 Å². The SMILES string of the molecule is CCNCc1ccc(-c2c(F)cc(OC)cc2F)cc1Cl. The Morgan fingerprint density at radius 3 is 2.33 bits per heavy atom. The van der Waals surface area contributed by atoms with Gasteiger partial charge in [-0.2, -0.15) is 0 Å². The molecule has 0 unspecified atom stereocenters. The highest BCUT2D eigenvalue weighted by atomic mass is 35.5. The molecule has 21 heavy (non-hydrogen) atoms. The lowest BCUT2D eigenvalue weighted by Gasteiger charge is -2.10. The molecule has 0 aromatic heterocycles. The van der Waals surface area contributed by atoms with Gasteiger partial charge in [-0.3, -0.25) is 0 Å². The van der Waals surface area contributed by atoms with Gasteiger partial charge in [0, 0.05) is 23.7 Å². The Bertz CT molecular complexity index is 623. The predicted molar refractivity (Wildman–Crippen MR) is 80.7 cm³/mol. The molecule has 0 bridgehead atoms.